The number of hydrogen-bond donors (Lipinski definition) is 0. The monoisotopic (exact) mass is 251 g/mol. The van der Waals surface area contributed by atoms with Crippen LogP contribution >= 0.6 is 0 Å². The van der Waals surface area contributed by atoms with Gasteiger partial charge >= 0.3 is 5.97 Å². The number of carbonyl (C=O) groups is 2. The summed E-state index contributed by atoms with van der Waals surface area (Å²) in [6, 6.07) is 0. The number of likely N-dealkylation sites (tertiary alicyclic amines) is 1. The minimum Gasteiger partial charge on any atom is -0.466 e. The number of carbonyl (C=O) groups excluding carboxylic acids is 2. The summed E-state index contributed by atoms with van der Waals surface area (Å²) in [4.78, 5) is 25.8. The lowest BCUT2D eigenvalue weighted by molar-refractivity contribution is -0.151. The maximum absolute atomic E-state index is 12.3. The molecule has 0 aromatic carbocycles. The Bertz CT molecular complexity index is 343. The molecule has 4 heteroatoms. The van der Waals surface area contributed by atoms with Gasteiger partial charge in [-0.25, -0.2) is 0 Å². The number of allylic oxidation sites excluding steroid dienone is 2. The van der Waals surface area contributed by atoms with Crippen LogP contribution in [-0.2, 0) is 14.3 Å². The Morgan fingerprint density at radius 2 is 2.00 bits per heavy atom. The molecule has 1 fully saturated rings. The van der Waals surface area contributed by atoms with Gasteiger partial charge in [-0.1, -0.05) is 12.2 Å². The molecule has 1 aliphatic heterocycles. The molecule has 1 amide bonds. The molecule has 100 valence electrons. The molecule has 2 rings (SSSR count). The minimum absolute atomic E-state index is 0.103. The third kappa shape index (κ3) is 2.92. The Hall–Kier alpha value is -1.32. The third-order valence-electron chi connectivity index (χ3n) is 3.71. The Labute approximate surface area is 108 Å². The first-order valence-corrected chi connectivity index (χ1v) is 6.82. The second kappa shape index (κ2) is 6.03. The summed E-state index contributed by atoms with van der Waals surface area (Å²) >= 11 is 0. The zero-order valence-electron chi connectivity index (χ0n) is 10.9. The molecule has 1 atom stereocenters. The first kappa shape index (κ1) is 13.1. The van der Waals surface area contributed by atoms with Crippen LogP contribution < -0.4 is 0 Å². The number of nitrogens with zero attached hydrogens (tertiary/aromatic N) is 1. The molecule has 2 aliphatic rings. The predicted octanol–water partition coefficient (Wildman–Crippen LogP) is 1.75. The summed E-state index contributed by atoms with van der Waals surface area (Å²) in [5.74, 6) is 0.0245. The van der Waals surface area contributed by atoms with Crippen LogP contribution in [0.15, 0.2) is 12.2 Å². The number of esters is 1. The van der Waals surface area contributed by atoms with E-state index in [2.05, 4.69) is 12.2 Å². The first-order chi connectivity index (χ1) is 8.72. The molecule has 4 nitrogen and oxygen atoms in total. The Morgan fingerprint density at radius 3 is 2.67 bits per heavy atom. The summed E-state index contributed by atoms with van der Waals surface area (Å²) < 4.78 is 5.05. The average Bonchev–Trinajstić information content (AvgIpc) is 2.92. The van der Waals surface area contributed by atoms with Crippen molar-refractivity contribution in [2.75, 3.05) is 19.7 Å². The molecule has 0 unspecified atom stereocenters. The fourth-order valence-electron chi connectivity index (χ4n) is 2.71. The minimum atomic E-state index is -0.153. The predicted molar refractivity (Wildman–Crippen MR) is 67.8 cm³/mol. The number of hydrogen-bond acceptors (Lipinski definition) is 3. The molecule has 1 saturated heterocycles. The molecule has 0 N–H and O–H groups in total. The van der Waals surface area contributed by atoms with Crippen molar-refractivity contribution in [2.45, 2.75) is 32.6 Å². The summed E-state index contributed by atoms with van der Waals surface area (Å²) in [6.07, 6.45) is 7.56. The number of amides is 1. The van der Waals surface area contributed by atoms with Crippen LogP contribution in [0.3, 0.4) is 0 Å². The normalized spacial score (nSPS) is 24.3. The van der Waals surface area contributed by atoms with Crippen LogP contribution in [0.25, 0.3) is 0 Å². The van der Waals surface area contributed by atoms with Gasteiger partial charge in [0.1, 0.15) is 0 Å². The SMILES string of the molecule is CCOC(=O)[C@H]1CCCN(C(=O)C2CC=CC2)C1. The fourth-order valence-corrected chi connectivity index (χ4v) is 2.71. The van der Waals surface area contributed by atoms with Crippen LogP contribution in [0.1, 0.15) is 32.6 Å². The van der Waals surface area contributed by atoms with Crippen molar-refractivity contribution in [3.63, 3.8) is 0 Å². The molecule has 0 bridgehead atoms. The molecule has 1 aliphatic carbocycles. The van der Waals surface area contributed by atoms with Crippen LogP contribution in [0.5, 0.6) is 0 Å². The second-order valence-corrected chi connectivity index (χ2v) is 5.02. The molecular weight excluding hydrogens is 230 g/mol. The van der Waals surface area contributed by atoms with Gasteiger partial charge in [-0.15, -0.1) is 0 Å². The fraction of sp³-hybridized carbons (Fsp3) is 0.714. The molecule has 18 heavy (non-hydrogen) atoms. The molecule has 0 aromatic rings. The zero-order valence-corrected chi connectivity index (χ0v) is 10.9. The number of rotatable bonds is 3. The molecule has 0 spiro atoms. The van der Waals surface area contributed by atoms with E-state index in [1.165, 1.54) is 0 Å². The topological polar surface area (TPSA) is 46.6 Å². The summed E-state index contributed by atoms with van der Waals surface area (Å²) in [6.45, 7) is 3.54. The van der Waals surface area contributed by atoms with Crippen LogP contribution in [0, 0.1) is 11.8 Å². The standard InChI is InChI=1S/C14H21NO3/c1-2-18-14(17)12-8-5-9-15(10-12)13(16)11-6-3-4-7-11/h3-4,11-12H,2,5-10H2,1H3/t12-/m0/s1. The maximum Gasteiger partial charge on any atom is 0.310 e. The van der Waals surface area contributed by atoms with Gasteiger partial charge in [0.25, 0.3) is 0 Å². The lowest BCUT2D eigenvalue weighted by Crippen LogP contribution is -2.44. The lowest BCUT2D eigenvalue weighted by Gasteiger charge is -2.33. The average molecular weight is 251 g/mol. The van der Waals surface area contributed by atoms with E-state index >= 15 is 0 Å². The van der Waals surface area contributed by atoms with E-state index < -0.39 is 0 Å². The highest BCUT2D eigenvalue weighted by atomic mass is 16.5. The van der Waals surface area contributed by atoms with E-state index in [0.717, 1.165) is 32.2 Å². The summed E-state index contributed by atoms with van der Waals surface area (Å²) in [5.41, 5.74) is 0. The zero-order chi connectivity index (χ0) is 13.0. The smallest absolute Gasteiger partial charge is 0.310 e. The molecule has 0 aromatic heterocycles. The van der Waals surface area contributed by atoms with E-state index in [1.807, 2.05) is 11.8 Å². The highest BCUT2D eigenvalue weighted by Gasteiger charge is 2.32. The van der Waals surface area contributed by atoms with Crippen LogP contribution in [0.2, 0.25) is 0 Å². The quantitative estimate of drug-likeness (QED) is 0.567. The van der Waals surface area contributed by atoms with Crippen LogP contribution in [0.4, 0.5) is 0 Å². The number of piperidine rings is 1. The third-order valence-corrected chi connectivity index (χ3v) is 3.71. The Morgan fingerprint density at radius 1 is 1.28 bits per heavy atom. The van der Waals surface area contributed by atoms with Gasteiger partial charge in [0.05, 0.1) is 12.5 Å². The van der Waals surface area contributed by atoms with Gasteiger partial charge < -0.3 is 9.64 Å². The van der Waals surface area contributed by atoms with E-state index in [-0.39, 0.29) is 23.7 Å². The van der Waals surface area contributed by atoms with Crippen molar-refractivity contribution in [3.8, 4) is 0 Å². The lowest BCUT2D eigenvalue weighted by atomic mass is 9.96. The highest BCUT2D eigenvalue weighted by molar-refractivity contribution is 5.81. The van der Waals surface area contributed by atoms with Crippen molar-refractivity contribution in [2.24, 2.45) is 11.8 Å². The van der Waals surface area contributed by atoms with Crippen molar-refractivity contribution < 1.29 is 14.3 Å². The van der Waals surface area contributed by atoms with E-state index in [0.29, 0.717) is 13.2 Å². The largest absolute Gasteiger partial charge is 0.466 e. The van der Waals surface area contributed by atoms with Gasteiger partial charge in [-0.05, 0) is 32.6 Å². The van der Waals surface area contributed by atoms with Gasteiger partial charge in [-0.2, -0.15) is 0 Å². The van der Waals surface area contributed by atoms with Crippen LogP contribution in [-0.4, -0.2) is 36.5 Å². The van der Waals surface area contributed by atoms with Crippen molar-refractivity contribution in [1.29, 1.82) is 0 Å². The molecule has 1 heterocycles. The maximum atomic E-state index is 12.3. The highest BCUT2D eigenvalue weighted by Crippen LogP contribution is 2.24. The number of ether oxygens (including phenoxy) is 1. The van der Waals surface area contributed by atoms with Gasteiger partial charge in [0.2, 0.25) is 5.91 Å². The van der Waals surface area contributed by atoms with E-state index in [9.17, 15) is 9.59 Å². The Kier molecular flexibility index (Phi) is 4.39. The molecule has 0 radical (unpaired) electrons. The van der Waals surface area contributed by atoms with Gasteiger partial charge in [0, 0.05) is 19.0 Å². The second-order valence-electron chi connectivity index (χ2n) is 5.02. The Balaban J connectivity index is 1.89. The molecular formula is C14H21NO3. The summed E-state index contributed by atoms with van der Waals surface area (Å²) in [7, 11) is 0. The molecule has 0 saturated carbocycles. The first-order valence-electron chi connectivity index (χ1n) is 6.82. The van der Waals surface area contributed by atoms with Crippen molar-refractivity contribution in [1.82, 2.24) is 4.90 Å². The van der Waals surface area contributed by atoms with Crippen molar-refractivity contribution in [3.05, 3.63) is 12.2 Å². The van der Waals surface area contributed by atoms with Gasteiger partial charge in [0.15, 0.2) is 0 Å². The van der Waals surface area contributed by atoms with Gasteiger partial charge in [-0.3, -0.25) is 9.59 Å². The van der Waals surface area contributed by atoms with E-state index in [4.69, 9.17) is 4.74 Å². The van der Waals surface area contributed by atoms with E-state index in [1.54, 1.807) is 0 Å². The summed E-state index contributed by atoms with van der Waals surface area (Å²) in [5, 5.41) is 0. The van der Waals surface area contributed by atoms with Crippen molar-refractivity contribution >= 4 is 11.9 Å².